The Morgan fingerprint density at radius 3 is 1.76 bits per heavy atom. The minimum absolute atomic E-state index is 0.309. The first kappa shape index (κ1) is 14.0. The van der Waals surface area contributed by atoms with Gasteiger partial charge in [0, 0.05) is 12.1 Å². The van der Waals surface area contributed by atoms with E-state index in [2.05, 4.69) is 60.2 Å². The molecule has 1 aromatic rings. The molecule has 0 radical (unpaired) electrons. The van der Waals surface area contributed by atoms with Crippen LogP contribution in [0.25, 0.3) is 0 Å². The molecule has 96 valence electrons. The van der Waals surface area contributed by atoms with E-state index in [0.29, 0.717) is 24.0 Å². The van der Waals surface area contributed by atoms with Gasteiger partial charge in [0.2, 0.25) is 11.9 Å². The Bertz CT molecular complexity index is 325. The van der Waals surface area contributed by atoms with Gasteiger partial charge in [0.1, 0.15) is 0 Å². The van der Waals surface area contributed by atoms with Gasteiger partial charge in [-0.15, -0.1) is 0 Å². The Morgan fingerprint density at radius 2 is 1.41 bits per heavy atom. The molecule has 0 unspecified atom stereocenters. The summed E-state index contributed by atoms with van der Waals surface area (Å²) in [5.41, 5.74) is 0. The Morgan fingerprint density at radius 1 is 0.941 bits per heavy atom. The highest BCUT2D eigenvalue weighted by Crippen LogP contribution is 2.16. The van der Waals surface area contributed by atoms with E-state index in [1.165, 1.54) is 0 Å². The molecule has 6 heteroatoms. The highest BCUT2D eigenvalue weighted by Gasteiger charge is 2.08. The lowest BCUT2D eigenvalue weighted by molar-refractivity contribution is 0.812. The number of thioether (sulfide) groups is 1. The summed E-state index contributed by atoms with van der Waals surface area (Å²) in [4.78, 5) is 13.1. The molecular weight excluding hydrogens is 234 g/mol. The monoisotopic (exact) mass is 255 g/mol. The zero-order chi connectivity index (χ0) is 12.8. The molecule has 0 bridgehead atoms. The van der Waals surface area contributed by atoms with Crippen LogP contribution in [0.5, 0.6) is 0 Å². The molecule has 0 saturated carbocycles. The second-order valence-electron chi connectivity index (χ2n) is 4.30. The van der Waals surface area contributed by atoms with Crippen LogP contribution in [-0.2, 0) is 0 Å². The summed E-state index contributed by atoms with van der Waals surface area (Å²) < 4.78 is 0. The van der Waals surface area contributed by atoms with E-state index in [0.717, 1.165) is 10.9 Å². The summed E-state index contributed by atoms with van der Waals surface area (Å²) in [5, 5.41) is 7.16. The van der Waals surface area contributed by atoms with Gasteiger partial charge in [0.05, 0.1) is 0 Å². The lowest BCUT2D eigenvalue weighted by Crippen LogP contribution is -2.17. The molecule has 0 spiro atoms. The molecule has 0 amide bonds. The van der Waals surface area contributed by atoms with Crippen molar-refractivity contribution in [3.05, 3.63) is 0 Å². The van der Waals surface area contributed by atoms with Gasteiger partial charge >= 0.3 is 0 Å². The largest absolute Gasteiger partial charge is 0.352 e. The summed E-state index contributed by atoms with van der Waals surface area (Å²) in [6.45, 7) is 10.3. The van der Waals surface area contributed by atoms with Crippen LogP contribution < -0.4 is 10.6 Å². The molecular formula is C11H21N5S. The van der Waals surface area contributed by atoms with E-state index < -0.39 is 0 Å². The number of nitrogens with zero attached hydrogens (tertiary/aromatic N) is 3. The lowest BCUT2D eigenvalue weighted by atomic mass is 10.4. The Hall–Kier alpha value is -1.04. The van der Waals surface area contributed by atoms with Crippen LogP contribution in [0.1, 0.15) is 34.6 Å². The van der Waals surface area contributed by atoms with E-state index in [4.69, 9.17) is 0 Å². The lowest BCUT2D eigenvalue weighted by Gasteiger charge is -2.12. The molecule has 0 aromatic carbocycles. The molecule has 5 nitrogen and oxygen atoms in total. The first-order chi connectivity index (χ1) is 8.01. The number of hydrogen-bond acceptors (Lipinski definition) is 6. The van der Waals surface area contributed by atoms with Gasteiger partial charge in [0.25, 0.3) is 0 Å². The zero-order valence-corrected chi connectivity index (χ0v) is 11.9. The molecule has 0 aliphatic carbocycles. The van der Waals surface area contributed by atoms with Crippen molar-refractivity contribution in [2.24, 2.45) is 0 Å². The Labute approximate surface area is 107 Å². The quantitative estimate of drug-likeness (QED) is 0.762. The molecule has 1 heterocycles. The van der Waals surface area contributed by atoms with Crippen molar-refractivity contribution in [2.45, 2.75) is 51.9 Å². The Kier molecular flexibility index (Phi) is 5.47. The van der Waals surface area contributed by atoms with Gasteiger partial charge in [-0.1, -0.05) is 18.7 Å². The molecule has 1 aromatic heterocycles. The Balaban J connectivity index is 2.91. The van der Waals surface area contributed by atoms with E-state index >= 15 is 0 Å². The van der Waals surface area contributed by atoms with Gasteiger partial charge in [-0.05, 0) is 33.4 Å². The van der Waals surface area contributed by atoms with Crippen molar-refractivity contribution in [1.29, 1.82) is 0 Å². The fourth-order valence-electron chi connectivity index (χ4n) is 1.20. The van der Waals surface area contributed by atoms with Crippen LogP contribution in [0.3, 0.4) is 0 Å². The van der Waals surface area contributed by atoms with Crippen LogP contribution >= 0.6 is 11.8 Å². The summed E-state index contributed by atoms with van der Waals surface area (Å²) in [6, 6.07) is 0.618. The van der Waals surface area contributed by atoms with Gasteiger partial charge in [-0.2, -0.15) is 15.0 Å². The fourth-order valence-corrected chi connectivity index (χ4v) is 1.76. The van der Waals surface area contributed by atoms with E-state index in [1.807, 2.05) is 0 Å². The number of anilines is 2. The minimum Gasteiger partial charge on any atom is -0.352 e. The van der Waals surface area contributed by atoms with Gasteiger partial charge in [0.15, 0.2) is 5.16 Å². The standard InChI is InChI=1S/C11H21N5S/c1-6-17-11-15-9(12-7(2)3)14-10(16-11)13-8(4)5/h7-8H,6H2,1-5H3,(H2,12,13,14,15,16). The van der Waals surface area contributed by atoms with Crippen molar-refractivity contribution in [3.8, 4) is 0 Å². The summed E-state index contributed by atoms with van der Waals surface area (Å²) in [6.07, 6.45) is 0. The predicted octanol–water partition coefficient (Wildman–Crippen LogP) is 2.62. The average Bonchev–Trinajstić information content (AvgIpc) is 2.14. The van der Waals surface area contributed by atoms with Gasteiger partial charge in [-0.25, -0.2) is 0 Å². The predicted molar refractivity (Wildman–Crippen MR) is 73.7 cm³/mol. The van der Waals surface area contributed by atoms with E-state index in [-0.39, 0.29) is 0 Å². The van der Waals surface area contributed by atoms with E-state index in [9.17, 15) is 0 Å². The summed E-state index contributed by atoms with van der Waals surface area (Å²) >= 11 is 1.62. The zero-order valence-electron chi connectivity index (χ0n) is 11.1. The molecule has 0 aliphatic rings. The highest BCUT2D eigenvalue weighted by molar-refractivity contribution is 7.99. The third-order valence-corrected chi connectivity index (χ3v) is 2.45. The average molecular weight is 255 g/mol. The van der Waals surface area contributed by atoms with E-state index in [1.54, 1.807) is 11.8 Å². The molecule has 0 saturated heterocycles. The number of aromatic nitrogens is 3. The van der Waals surface area contributed by atoms with Crippen LogP contribution in [-0.4, -0.2) is 32.8 Å². The van der Waals surface area contributed by atoms with Crippen molar-refractivity contribution >= 4 is 23.7 Å². The van der Waals surface area contributed by atoms with Crippen molar-refractivity contribution < 1.29 is 0 Å². The number of hydrogen-bond donors (Lipinski definition) is 2. The third-order valence-electron chi connectivity index (χ3n) is 1.72. The smallest absolute Gasteiger partial charge is 0.228 e. The second kappa shape index (κ2) is 6.64. The van der Waals surface area contributed by atoms with Crippen LogP contribution in [0, 0.1) is 0 Å². The fraction of sp³-hybridized carbons (Fsp3) is 0.727. The molecule has 17 heavy (non-hydrogen) atoms. The van der Waals surface area contributed by atoms with Crippen molar-refractivity contribution in [1.82, 2.24) is 15.0 Å². The molecule has 0 aliphatic heterocycles. The molecule has 0 atom stereocenters. The maximum Gasteiger partial charge on any atom is 0.228 e. The molecule has 1 rings (SSSR count). The number of rotatable bonds is 6. The topological polar surface area (TPSA) is 62.7 Å². The first-order valence-electron chi connectivity index (χ1n) is 5.93. The van der Waals surface area contributed by atoms with Crippen LogP contribution in [0.4, 0.5) is 11.9 Å². The molecule has 0 fully saturated rings. The normalized spacial score (nSPS) is 11.0. The maximum absolute atomic E-state index is 4.36. The second-order valence-corrected chi connectivity index (χ2v) is 5.53. The SMILES string of the molecule is CCSc1nc(NC(C)C)nc(NC(C)C)n1. The molecule has 2 N–H and O–H groups in total. The van der Waals surface area contributed by atoms with Gasteiger partial charge in [-0.3, -0.25) is 0 Å². The van der Waals surface area contributed by atoms with Crippen molar-refractivity contribution in [3.63, 3.8) is 0 Å². The first-order valence-corrected chi connectivity index (χ1v) is 6.91. The summed E-state index contributed by atoms with van der Waals surface area (Å²) in [5.74, 6) is 2.22. The van der Waals surface area contributed by atoms with Gasteiger partial charge < -0.3 is 10.6 Å². The van der Waals surface area contributed by atoms with Crippen LogP contribution in [0.2, 0.25) is 0 Å². The number of nitrogens with one attached hydrogen (secondary N) is 2. The summed E-state index contributed by atoms with van der Waals surface area (Å²) in [7, 11) is 0. The highest BCUT2D eigenvalue weighted by atomic mass is 32.2. The minimum atomic E-state index is 0.309. The third kappa shape index (κ3) is 5.21. The van der Waals surface area contributed by atoms with Crippen LogP contribution in [0.15, 0.2) is 5.16 Å². The maximum atomic E-state index is 4.36. The van der Waals surface area contributed by atoms with Crippen molar-refractivity contribution in [2.75, 3.05) is 16.4 Å².